The predicted molar refractivity (Wildman–Crippen MR) is 93.0 cm³/mol. The number of nitrogens with two attached hydrogens (primary N) is 1. The third-order valence-corrected chi connectivity index (χ3v) is 4.34. The van der Waals surface area contributed by atoms with Crippen molar-refractivity contribution in [2.24, 2.45) is 5.14 Å². The number of nitro groups is 1. The summed E-state index contributed by atoms with van der Waals surface area (Å²) in [6.07, 6.45) is 0. The summed E-state index contributed by atoms with van der Waals surface area (Å²) in [5.41, 5.74) is 1.20. The second-order valence-corrected chi connectivity index (χ2v) is 7.04. The molecule has 1 amide bonds. The molecule has 26 heavy (non-hydrogen) atoms. The Morgan fingerprint density at radius 3 is 2.46 bits per heavy atom. The van der Waals surface area contributed by atoms with Crippen molar-refractivity contribution in [1.82, 2.24) is 5.32 Å². The van der Waals surface area contributed by atoms with Crippen molar-refractivity contribution in [1.29, 1.82) is 0 Å². The van der Waals surface area contributed by atoms with Gasteiger partial charge >= 0.3 is 5.69 Å². The monoisotopic (exact) mass is 379 g/mol. The number of ether oxygens (including phenoxy) is 1. The molecule has 2 rings (SSSR count). The number of rotatable bonds is 7. The van der Waals surface area contributed by atoms with Crippen LogP contribution < -0.4 is 15.2 Å². The van der Waals surface area contributed by atoms with Crippen LogP contribution in [-0.4, -0.2) is 25.9 Å². The lowest BCUT2D eigenvalue weighted by Crippen LogP contribution is -2.28. The van der Waals surface area contributed by atoms with Gasteiger partial charge in [0.1, 0.15) is 0 Å². The van der Waals surface area contributed by atoms with Crippen LogP contribution in [0, 0.1) is 17.0 Å². The maximum atomic E-state index is 11.9. The summed E-state index contributed by atoms with van der Waals surface area (Å²) in [6, 6.07) is 10.1. The molecule has 0 atom stereocenters. The van der Waals surface area contributed by atoms with E-state index in [1.54, 1.807) is 13.0 Å². The molecule has 0 aliphatic carbocycles. The molecule has 138 valence electrons. The zero-order valence-electron chi connectivity index (χ0n) is 13.8. The van der Waals surface area contributed by atoms with Crippen molar-refractivity contribution in [3.05, 3.63) is 63.7 Å². The summed E-state index contributed by atoms with van der Waals surface area (Å²) in [4.78, 5) is 22.2. The molecule has 0 unspecified atom stereocenters. The number of carbonyl (C=O) groups excluding carboxylic acids is 1. The van der Waals surface area contributed by atoms with Gasteiger partial charge in [-0.2, -0.15) is 0 Å². The average Bonchev–Trinajstić information content (AvgIpc) is 2.57. The first kappa shape index (κ1) is 19.3. The first-order chi connectivity index (χ1) is 12.2. The smallest absolute Gasteiger partial charge is 0.310 e. The fourth-order valence-electron chi connectivity index (χ4n) is 2.08. The Bertz CT molecular complexity index is 926. The molecule has 3 N–H and O–H groups in total. The number of carbonyl (C=O) groups is 1. The van der Waals surface area contributed by atoms with Gasteiger partial charge in [-0.05, 0) is 36.2 Å². The SMILES string of the molecule is Cc1ccc([N+](=O)[O-])c(OCC(=O)NCc2ccc(S(N)(=O)=O)cc2)c1. The Balaban J connectivity index is 1.92. The van der Waals surface area contributed by atoms with Crippen LogP contribution in [0.5, 0.6) is 5.75 Å². The summed E-state index contributed by atoms with van der Waals surface area (Å²) in [5.74, 6) is -0.459. The van der Waals surface area contributed by atoms with E-state index in [4.69, 9.17) is 9.88 Å². The number of hydrogen-bond acceptors (Lipinski definition) is 6. The molecular formula is C16H17N3O6S. The summed E-state index contributed by atoms with van der Waals surface area (Å²) >= 11 is 0. The Kier molecular flexibility index (Phi) is 5.90. The Labute approximate surface area is 150 Å². The fraction of sp³-hybridized carbons (Fsp3) is 0.188. The van der Waals surface area contributed by atoms with Crippen LogP contribution in [-0.2, 0) is 21.4 Å². The number of nitrogens with zero attached hydrogens (tertiary/aromatic N) is 1. The lowest BCUT2D eigenvalue weighted by atomic mass is 10.2. The zero-order chi connectivity index (χ0) is 19.3. The van der Waals surface area contributed by atoms with Crippen LogP contribution in [0.1, 0.15) is 11.1 Å². The van der Waals surface area contributed by atoms with E-state index in [2.05, 4.69) is 5.32 Å². The second-order valence-electron chi connectivity index (χ2n) is 5.48. The van der Waals surface area contributed by atoms with Crippen LogP contribution in [0.2, 0.25) is 0 Å². The van der Waals surface area contributed by atoms with Crippen LogP contribution in [0.4, 0.5) is 5.69 Å². The number of nitrogens with one attached hydrogen (secondary N) is 1. The van der Waals surface area contributed by atoms with Crippen molar-refractivity contribution >= 4 is 21.6 Å². The lowest BCUT2D eigenvalue weighted by Gasteiger charge is -2.09. The third kappa shape index (κ3) is 5.26. The minimum atomic E-state index is -3.77. The van der Waals surface area contributed by atoms with Gasteiger partial charge in [0.05, 0.1) is 9.82 Å². The molecule has 0 aromatic heterocycles. The third-order valence-electron chi connectivity index (χ3n) is 3.41. The molecule has 0 bridgehead atoms. The van der Waals surface area contributed by atoms with E-state index in [-0.39, 0.29) is 29.5 Å². The van der Waals surface area contributed by atoms with Crippen molar-refractivity contribution in [3.8, 4) is 5.75 Å². The molecule has 2 aromatic carbocycles. The summed E-state index contributed by atoms with van der Waals surface area (Å²) < 4.78 is 27.6. The highest BCUT2D eigenvalue weighted by atomic mass is 32.2. The average molecular weight is 379 g/mol. The minimum absolute atomic E-state index is 0.0163. The Morgan fingerprint density at radius 2 is 1.88 bits per heavy atom. The van der Waals surface area contributed by atoms with E-state index < -0.39 is 20.9 Å². The summed E-state index contributed by atoms with van der Waals surface area (Å²) in [6.45, 7) is 1.50. The van der Waals surface area contributed by atoms with Gasteiger partial charge in [-0.3, -0.25) is 14.9 Å². The predicted octanol–water partition coefficient (Wildman–Crippen LogP) is 1.25. The lowest BCUT2D eigenvalue weighted by molar-refractivity contribution is -0.385. The van der Waals surface area contributed by atoms with Crippen molar-refractivity contribution in [2.75, 3.05) is 6.61 Å². The van der Waals surface area contributed by atoms with Gasteiger partial charge in [-0.15, -0.1) is 0 Å². The highest BCUT2D eigenvalue weighted by Crippen LogP contribution is 2.27. The van der Waals surface area contributed by atoms with E-state index in [0.29, 0.717) is 5.56 Å². The van der Waals surface area contributed by atoms with E-state index in [1.165, 1.54) is 36.4 Å². The first-order valence-electron chi connectivity index (χ1n) is 7.43. The van der Waals surface area contributed by atoms with Gasteiger partial charge in [0.2, 0.25) is 10.0 Å². The summed E-state index contributed by atoms with van der Waals surface area (Å²) in [5, 5.41) is 18.5. The standard InChI is InChI=1S/C16H17N3O6S/c1-11-2-7-14(19(21)22)15(8-11)25-10-16(20)18-9-12-3-5-13(6-4-12)26(17,23)24/h2-8H,9-10H2,1H3,(H,18,20)(H2,17,23,24). The van der Waals surface area contributed by atoms with E-state index in [1.807, 2.05) is 0 Å². The molecule has 10 heteroatoms. The number of amides is 1. The topological polar surface area (TPSA) is 142 Å². The summed E-state index contributed by atoms with van der Waals surface area (Å²) in [7, 11) is -3.77. The Morgan fingerprint density at radius 1 is 1.23 bits per heavy atom. The molecule has 0 radical (unpaired) electrons. The largest absolute Gasteiger partial charge is 0.477 e. The van der Waals surface area contributed by atoms with Crippen LogP contribution in [0.3, 0.4) is 0 Å². The molecule has 9 nitrogen and oxygen atoms in total. The second kappa shape index (κ2) is 7.93. The maximum Gasteiger partial charge on any atom is 0.310 e. The number of aryl methyl sites for hydroxylation is 1. The van der Waals surface area contributed by atoms with Gasteiger partial charge in [0.15, 0.2) is 12.4 Å². The van der Waals surface area contributed by atoms with E-state index >= 15 is 0 Å². The van der Waals surface area contributed by atoms with Gasteiger partial charge in [0.25, 0.3) is 5.91 Å². The number of hydrogen-bond donors (Lipinski definition) is 2. The molecule has 0 heterocycles. The molecule has 0 saturated heterocycles. The van der Waals surface area contributed by atoms with Gasteiger partial charge in [-0.1, -0.05) is 18.2 Å². The molecule has 0 saturated carbocycles. The quantitative estimate of drug-likeness (QED) is 0.547. The van der Waals surface area contributed by atoms with Gasteiger partial charge < -0.3 is 10.1 Å². The molecule has 0 spiro atoms. The van der Waals surface area contributed by atoms with Gasteiger partial charge in [-0.25, -0.2) is 13.6 Å². The maximum absolute atomic E-state index is 11.9. The number of sulfonamides is 1. The van der Waals surface area contributed by atoms with Crippen LogP contribution in [0.25, 0.3) is 0 Å². The van der Waals surface area contributed by atoms with E-state index in [9.17, 15) is 23.3 Å². The minimum Gasteiger partial charge on any atom is -0.477 e. The number of primary sulfonamides is 1. The normalized spacial score (nSPS) is 11.0. The molecule has 0 aliphatic heterocycles. The highest BCUT2D eigenvalue weighted by molar-refractivity contribution is 7.89. The van der Waals surface area contributed by atoms with Crippen LogP contribution in [0.15, 0.2) is 47.4 Å². The van der Waals surface area contributed by atoms with Crippen molar-refractivity contribution in [2.45, 2.75) is 18.4 Å². The molecule has 0 aliphatic rings. The van der Waals surface area contributed by atoms with E-state index in [0.717, 1.165) is 5.56 Å². The molecule has 2 aromatic rings. The fourth-order valence-corrected chi connectivity index (χ4v) is 2.60. The number of nitro benzene ring substituents is 1. The molecule has 0 fully saturated rings. The molecular weight excluding hydrogens is 362 g/mol. The zero-order valence-corrected chi connectivity index (χ0v) is 14.7. The van der Waals surface area contributed by atoms with Crippen LogP contribution >= 0.6 is 0 Å². The number of benzene rings is 2. The van der Waals surface area contributed by atoms with Crippen molar-refractivity contribution in [3.63, 3.8) is 0 Å². The van der Waals surface area contributed by atoms with Gasteiger partial charge in [0, 0.05) is 12.6 Å². The first-order valence-corrected chi connectivity index (χ1v) is 8.98. The Hall–Kier alpha value is -2.98. The highest BCUT2D eigenvalue weighted by Gasteiger charge is 2.16. The van der Waals surface area contributed by atoms with Crippen molar-refractivity contribution < 1.29 is 22.9 Å².